The molecule has 1 aromatic heterocycles. The summed E-state index contributed by atoms with van der Waals surface area (Å²) in [7, 11) is 1.64. The van der Waals surface area contributed by atoms with Crippen molar-refractivity contribution in [1.82, 2.24) is 4.57 Å². The molecule has 2 unspecified atom stereocenters. The molecule has 1 aromatic rings. The molecule has 0 spiro atoms. The second-order valence-corrected chi connectivity index (χ2v) is 7.41. The number of halogens is 3. The summed E-state index contributed by atoms with van der Waals surface area (Å²) in [6.45, 7) is 2.57. The van der Waals surface area contributed by atoms with E-state index in [1.807, 2.05) is 6.92 Å². The molecular formula is C14H16Cl3NO3. The van der Waals surface area contributed by atoms with Crippen molar-refractivity contribution in [3.8, 4) is 0 Å². The number of alkyl halides is 3. The van der Waals surface area contributed by atoms with Crippen LogP contribution >= 0.6 is 34.8 Å². The molecule has 1 fully saturated rings. The lowest BCUT2D eigenvalue weighted by Crippen LogP contribution is -2.23. The van der Waals surface area contributed by atoms with Crippen LogP contribution < -0.4 is 0 Å². The van der Waals surface area contributed by atoms with E-state index in [0.29, 0.717) is 18.6 Å². The lowest BCUT2D eigenvalue weighted by atomic mass is 9.91. The molecule has 0 amide bonds. The fourth-order valence-corrected chi connectivity index (χ4v) is 2.93. The molecule has 1 saturated heterocycles. The highest BCUT2D eigenvalue weighted by Crippen LogP contribution is 2.32. The van der Waals surface area contributed by atoms with Gasteiger partial charge in [0.25, 0.3) is 3.79 Å². The number of nitrogens with zero attached hydrogens (tertiary/aromatic N) is 1. The number of rotatable bonds is 4. The minimum Gasteiger partial charge on any atom is -0.377 e. The van der Waals surface area contributed by atoms with Crippen molar-refractivity contribution in [2.45, 2.75) is 29.7 Å². The van der Waals surface area contributed by atoms with E-state index in [1.54, 1.807) is 13.2 Å². The number of hydrogen-bond acceptors (Lipinski definition) is 3. The first-order chi connectivity index (χ1) is 9.75. The summed E-state index contributed by atoms with van der Waals surface area (Å²) in [5.41, 5.74) is 0.648. The third-order valence-corrected chi connectivity index (χ3v) is 4.24. The first kappa shape index (κ1) is 16.8. The van der Waals surface area contributed by atoms with Crippen LogP contribution in [-0.4, -0.2) is 32.6 Å². The largest absolute Gasteiger partial charge is 0.377 e. The Hall–Kier alpha value is -0.550. The number of aromatic nitrogens is 1. The Morgan fingerprint density at radius 1 is 1.43 bits per heavy atom. The molecule has 116 valence electrons. The number of ketones is 2. The molecule has 0 aromatic carbocycles. The van der Waals surface area contributed by atoms with Gasteiger partial charge >= 0.3 is 0 Å². The van der Waals surface area contributed by atoms with Gasteiger partial charge in [0.05, 0.1) is 17.7 Å². The number of ether oxygens (including phenoxy) is 1. The van der Waals surface area contributed by atoms with Crippen LogP contribution in [0.1, 0.15) is 40.6 Å². The normalized spacial score (nSPS) is 22.5. The molecule has 2 atom stereocenters. The van der Waals surface area contributed by atoms with Gasteiger partial charge in [-0.3, -0.25) is 9.59 Å². The van der Waals surface area contributed by atoms with Crippen molar-refractivity contribution >= 4 is 46.4 Å². The van der Waals surface area contributed by atoms with E-state index >= 15 is 0 Å². The number of carbonyl (C=O) groups is 2. The van der Waals surface area contributed by atoms with Gasteiger partial charge in [0.1, 0.15) is 0 Å². The van der Waals surface area contributed by atoms with Crippen LogP contribution in [0.4, 0.5) is 0 Å². The second kappa shape index (κ2) is 6.29. The van der Waals surface area contributed by atoms with Gasteiger partial charge in [0.15, 0.2) is 5.78 Å². The molecular weight excluding hydrogens is 337 g/mol. The van der Waals surface area contributed by atoms with Gasteiger partial charge in [-0.2, -0.15) is 0 Å². The maximum absolute atomic E-state index is 12.6. The van der Waals surface area contributed by atoms with Crippen LogP contribution in [0.25, 0.3) is 0 Å². The Bertz CT molecular complexity index is 562. The number of Topliss-reactive ketones (excluding diaryl/α,β-unsaturated/α-hetero) is 2. The lowest BCUT2D eigenvalue weighted by Gasteiger charge is -2.14. The van der Waals surface area contributed by atoms with E-state index < -0.39 is 9.58 Å². The molecule has 2 rings (SSSR count). The smallest absolute Gasteiger partial charge is 0.255 e. The molecule has 0 radical (unpaired) electrons. The SMILES string of the molecule is CCC1OCCC1C(=O)c1cc(C(=O)C(Cl)(Cl)Cl)n(C)c1. The number of hydrogen-bond donors (Lipinski definition) is 0. The second-order valence-electron chi connectivity index (χ2n) is 5.13. The third kappa shape index (κ3) is 3.45. The summed E-state index contributed by atoms with van der Waals surface area (Å²) in [4.78, 5) is 24.6. The van der Waals surface area contributed by atoms with E-state index in [2.05, 4.69) is 0 Å². The summed E-state index contributed by atoms with van der Waals surface area (Å²) in [6.07, 6.45) is 3.00. The van der Waals surface area contributed by atoms with Crippen molar-refractivity contribution in [2.24, 2.45) is 13.0 Å². The van der Waals surface area contributed by atoms with Gasteiger partial charge in [-0.15, -0.1) is 0 Å². The van der Waals surface area contributed by atoms with Crippen LogP contribution in [0.15, 0.2) is 12.3 Å². The zero-order valence-corrected chi connectivity index (χ0v) is 14.0. The Morgan fingerprint density at radius 3 is 2.67 bits per heavy atom. The first-order valence-corrected chi connectivity index (χ1v) is 7.82. The summed E-state index contributed by atoms with van der Waals surface area (Å²) >= 11 is 16.8. The summed E-state index contributed by atoms with van der Waals surface area (Å²) in [5.74, 6) is -0.852. The molecule has 0 aliphatic carbocycles. The van der Waals surface area contributed by atoms with Gasteiger partial charge in [-0.25, -0.2) is 0 Å². The van der Waals surface area contributed by atoms with E-state index in [4.69, 9.17) is 39.5 Å². The Kier molecular flexibility index (Phi) is 5.03. The fraction of sp³-hybridized carbons (Fsp3) is 0.571. The van der Waals surface area contributed by atoms with Crippen molar-refractivity contribution in [3.63, 3.8) is 0 Å². The minimum atomic E-state index is -2.03. The maximum atomic E-state index is 12.6. The summed E-state index contributed by atoms with van der Waals surface area (Å²) in [5, 5.41) is 0. The zero-order valence-electron chi connectivity index (χ0n) is 11.7. The number of aryl methyl sites for hydroxylation is 1. The van der Waals surface area contributed by atoms with Crippen molar-refractivity contribution in [3.05, 3.63) is 23.5 Å². The summed E-state index contributed by atoms with van der Waals surface area (Å²) in [6, 6.07) is 1.48. The quantitative estimate of drug-likeness (QED) is 0.615. The van der Waals surface area contributed by atoms with Crippen molar-refractivity contribution in [2.75, 3.05) is 6.61 Å². The van der Waals surface area contributed by atoms with E-state index in [-0.39, 0.29) is 23.5 Å². The van der Waals surface area contributed by atoms with Gasteiger partial charge in [0, 0.05) is 25.4 Å². The monoisotopic (exact) mass is 351 g/mol. The van der Waals surface area contributed by atoms with Crippen molar-refractivity contribution < 1.29 is 14.3 Å². The maximum Gasteiger partial charge on any atom is 0.255 e. The molecule has 1 aliphatic heterocycles. The number of carbonyl (C=O) groups excluding carboxylic acids is 2. The predicted molar refractivity (Wildman–Crippen MR) is 82.5 cm³/mol. The first-order valence-electron chi connectivity index (χ1n) is 6.69. The predicted octanol–water partition coefficient (Wildman–Crippen LogP) is 3.58. The third-order valence-electron chi connectivity index (χ3n) is 3.73. The van der Waals surface area contributed by atoms with E-state index in [1.165, 1.54) is 10.6 Å². The molecule has 4 nitrogen and oxygen atoms in total. The Labute approximate surface area is 138 Å². The Morgan fingerprint density at radius 2 is 2.10 bits per heavy atom. The van der Waals surface area contributed by atoms with Gasteiger partial charge in [-0.1, -0.05) is 41.7 Å². The van der Waals surface area contributed by atoms with Crippen LogP contribution in [0.5, 0.6) is 0 Å². The van der Waals surface area contributed by atoms with Crippen molar-refractivity contribution in [1.29, 1.82) is 0 Å². The average molecular weight is 353 g/mol. The average Bonchev–Trinajstić information content (AvgIpc) is 3.01. The zero-order chi connectivity index (χ0) is 15.8. The lowest BCUT2D eigenvalue weighted by molar-refractivity contribution is 0.0689. The van der Waals surface area contributed by atoms with E-state index in [9.17, 15) is 9.59 Å². The van der Waals surface area contributed by atoms with E-state index in [0.717, 1.165) is 6.42 Å². The molecule has 1 aliphatic rings. The summed E-state index contributed by atoms with van der Waals surface area (Å²) < 4.78 is 5.01. The Balaban J connectivity index is 2.26. The van der Waals surface area contributed by atoms with Gasteiger partial charge in [0.2, 0.25) is 5.78 Å². The standard InChI is InChI=1S/C14H16Cl3NO3/c1-3-11-9(4-5-21-11)12(19)8-6-10(18(2)7-8)13(20)14(15,16)17/h6-7,9,11H,3-5H2,1-2H3. The molecule has 21 heavy (non-hydrogen) atoms. The highest BCUT2D eigenvalue weighted by Gasteiger charge is 2.36. The van der Waals surface area contributed by atoms with Crippen LogP contribution in [-0.2, 0) is 11.8 Å². The molecule has 0 saturated carbocycles. The van der Waals surface area contributed by atoms with Crippen LogP contribution in [0.2, 0.25) is 0 Å². The van der Waals surface area contributed by atoms with Crippen LogP contribution in [0, 0.1) is 5.92 Å². The molecule has 0 N–H and O–H groups in total. The van der Waals surface area contributed by atoms with Gasteiger partial charge < -0.3 is 9.30 Å². The highest BCUT2D eigenvalue weighted by molar-refractivity contribution is 6.77. The molecule has 2 heterocycles. The molecule has 7 heteroatoms. The molecule has 0 bridgehead atoms. The van der Waals surface area contributed by atoms with Gasteiger partial charge in [-0.05, 0) is 18.9 Å². The highest BCUT2D eigenvalue weighted by atomic mass is 35.6. The fourth-order valence-electron chi connectivity index (χ4n) is 2.64. The van der Waals surface area contributed by atoms with Crippen LogP contribution in [0.3, 0.4) is 0 Å². The topological polar surface area (TPSA) is 48.3 Å². The minimum absolute atomic E-state index is 0.0293.